The molecule has 8 N–H and O–H groups in total. The lowest BCUT2D eigenvalue weighted by Gasteiger charge is -2.20. The van der Waals surface area contributed by atoms with Crippen molar-refractivity contribution in [1.82, 2.24) is 9.97 Å². The van der Waals surface area contributed by atoms with Gasteiger partial charge in [-0.15, -0.1) is 0 Å². The molecule has 3 aromatic rings. The number of hydrogen-bond acceptors (Lipinski definition) is 9. The number of benzene rings is 1. The minimum Gasteiger partial charge on any atom is -0.456 e. The number of hydrogen-bond donors (Lipinski definition) is 6. The first-order chi connectivity index (χ1) is 14.3. The molecular formula is C19H20ClN5O5. The lowest BCUT2D eigenvalue weighted by atomic mass is 10.1. The molecular weight excluding hydrogens is 414 g/mol. The van der Waals surface area contributed by atoms with Crippen molar-refractivity contribution in [1.29, 1.82) is 0 Å². The number of primary amides is 1. The second-order valence-corrected chi connectivity index (χ2v) is 7.59. The van der Waals surface area contributed by atoms with Gasteiger partial charge < -0.3 is 36.5 Å². The minimum absolute atomic E-state index is 0.0194. The summed E-state index contributed by atoms with van der Waals surface area (Å²) in [6.45, 7) is -0.262. The number of aromatic nitrogens is 2. The summed E-state index contributed by atoms with van der Waals surface area (Å²) in [5.41, 5.74) is 12.2. The number of aliphatic hydroxyl groups excluding tert-OH is 3. The molecule has 1 fully saturated rings. The van der Waals surface area contributed by atoms with Crippen molar-refractivity contribution in [2.45, 2.75) is 24.7 Å². The molecule has 10 nitrogen and oxygen atoms in total. The molecule has 30 heavy (non-hydrogen) atoms. The zero-order valence-corrected chi connectivity index (χ0v) is 16.4. The Bertz CT molecular complexity index is 1120. The number of rotatable bonds is 5. The van der Waals surface area contributed by atoms with Crippen LogP contribution in [0.15, 0.2) is 28.7 Å². The lowest BCUT2D eigenvalue weighted by molar-refractivity contribution is 0.00446. The largest absolute Gasteiger partial charge is 0.456 e. The average molecular weight is 434 g/mol. The molecule has 0 unspecified atom stereocenters. The van der Waals surface area contributed by atoms with Crippen LogP contribution in [0.4, 0.5) is 11.8 Å². The van der Waals surface area contributed by atoms with Gasteiger partial charge in [-0.3, -0.25) is 4.79 Å². The van der Waals surface area contributed by atoms with E-state index in [1.807, 2.05) is 0 Å². The van der Waals surface area contributed by atoms with Gasteiger partial charge in [0.1, 0.15) is 28.4 Å². The number of nitrogens with zero attached hydrogens (tertiary/aromatic N) is 2. The van der Waals surface area contributed by atoms with E-state index in [4.69, 9.17) is 27.5 Å². The SMILES string of the molecule is NC(=O)c1ccc2oc(-c3c(Cl)nc(N)nc3N[C@@H]3C[C@H](CO)[C@@H](O)[C@H]3O)cc2c1. The van der Waals surface area contributed by atoms with Crippen LogP contribution in [-0.2, 0) is 0 Å². The summed E-state index contributed by atoms with van der Waals surface area (Å²) in [6, 6.07) is 5.80. The van der Waals surface area contributed by atoms with E-state index >= 15 is 0 Å². The second kappa shape index (κ2) is 7.73. The maximum atomic E-state index is 11.4. The van der Waals surface area contributed by atoms with Crippen LogP contribution in [0.2, 0.25) is 5.15 Å². The van der Waals surface area contributed by atoms with E-state index in [1.54, 1.807) is 24.3 Å². The number of aliphatic hydroxyl groups is 3. The van der Waals surface area contributed by atoms with E-state index < -0.39 is 30.1 Å². The number of furan rings is 1. The summed E-state index contributed by atoms with van der Waals surface area (Å²) in [6.07, 6.45) is -1.90. The van der Waals surface area contributed by atoms with Crippen LogP contribution in [0.3, 0.4) is 0 Å². The molecule has 4 atom stereocenters. The minimum atomic E-state index is -1.13. The van der Waals surface area contributed by atoms with Crippen molar-refractivity contribution in [2.75, 3.05) is 17.7 Å². The first-order valence-corrected chi connectivity index (χ1v) is 9.56. The number of anilines is 2. The predicted molar refractivity (Wildman–Crippen MR) is 110 cm³/mol. The molecule has 1 aromatic carbocycles. The molecule has 158 valence electrons. The second-order valence-electron chi connectivity index (χ2n) is 7.23. The third kappa shape index (κ3) is 3.54. The van der Waals surface area contributed by atoms with E-state index in [-0.39, 0.29) is 23.5 Å². The quantitative estimate of drug-likeness (QED) is 0.316. The molecule has 0 aliphatic heterocycles. The third-order valence-electron chi connectivity index (χ3n) is 5.29. The summed E-state index contributed by atoms with van der Waals surface area (Å²) in [5, 5.41) is 33.5. The number of halogens is 1. The summed E-state index contributed by atoms with van der Waals surface area (Å²) in [7, 11) is 0. The van der Waals surface area contributed by atoms with Gasteiger partial charge in [0, 0.05) is 23.5 Å². The zero-order chi connectivity index (χ0) is 21.6. The van der Waals surface area contributed by atoms with E-state index in [0.717, 1.165) is 0 Å². The van der Waals surface area contributed by atoms with Crippen LogP contribution in [0.25, 0.3) is 22.3 Å². The highest BCUT2D eigenvalue weighted by Crippen LogP contribution is 2.38. The Morgan fingerprint density at radius 3 is 2.70 bits per heavy atom. The van der Waals surface area contributed by atoms with Crippen molar-refractivity contribution in [2.24, 2.45) is 11.7 Å². The van der Waals surface area contributed by atoms with Crippen molar-refractivity contribution < 1.29 is 24.5 Å². The fraction of sp³-hybridized carbons (Fsp3) is 0.316. The molecule has 0 saturated heterocycles. The highest BCUT2D eigenvalue weighted by Gasteiger charge is 2.41. The smallest absolute Gasteiger partial charge is 0.248 e. The summed E-state index contributed by atoms with van der Waals surface area (Å²) in [5.74, 6) is -0.621. The Hall–Kier alpha value is -2.92. The molecule has 2 aromatic heterocycles. The first-order valence-electron chi connectivity index (χ1n) is 9.18. The number of carbonyl (C=O) groups is 1. The molecule has 1 aliphatic carbocycles. The van der Waals surface area contributed by atoms with Crippen LogP contribution in [0, 0.1) is 5.92 Å². The molecule has 1 saturated carbocycles. The van der Waals surface area contributed by atoms with Crippen LogP contribution in [-0.4, -0.2) is 56.1 Å². The molecule has 11 heteroatoms. The van der Waals surface area contributed by atoms with Crippen molar-refractivity contribution in [3.8, 4) is 11.3 Å². The zero-order valence-electron chi connectivity index (χ0n) is 15.6. The van der Waals surface area contributed by atoms with E-state index in [9.17, 15) is 20.1 Å². The molecule has 0 radical (unpaired) electrons. The lowest BCUT2D eigenvalue weighted by Crippen LogP contribution is -2.35. The Morgan fingerprint density at radius 1 is 1.27 bits per heavy atom. The van der Waals surface area contributed by atoms with Gasteiger partial charge in [0.25, 0.3) is 0 Å². The Balaban J connectivity index is 1.75. The summed E-state index contributed by atoms with van der Waals surface area (Å²) >= 11 is 6.33. The van der Waals surface area contributed by atoms with Gasteiger partial charge in [-0.2, -0.15) is 4.98 Å². The van der Waals surface area contributed by atoms with Gasteiger partial charge in [0.2, 0.25) is 11.9 Å². The van der Waals surface area contributed by atoms with Crippen molar-refractivity contribution in [3.63, 3.8) is 0 Å². The monoisotopic (exact) mass is 433 g/mol. The number of fused-ring (bicyclic) bond motifs is 1. The third-order valence-corrected chi connectivity index (χ3v) is 5.56. The first kappa shape index (κ1) is 20.4. The molecule has 1 aliphatic rings. The van der Waals surface area contributed by atoms with Crippen LogP contribution in [0.1, 0.15) is 16.8 Å². The van der Waals surface area contributed by atoms with Crippen LogP contribution < -0.4 is 16.8 Å². The van der Waals surface area contributed by atoms with Gasteiger partial charge in [-0.1, -0.05) is 11.6 Å². The predicted octanol–water partition coefficient (Wildman–Crippen LogP) is 0.739. The molecule has 4 rings (SSSR count). The molecule has 2 heterocycles. The fourth-order valence-electron chi connectivity index (χ4n) is 3.72. The Labute approximate surface area is 175 Å². The van der Waals surface area contributed by atoms with Crippen molar-refractivity contribution >= 4 is 40.2 Å². The maximum absolute atomic E-state index is 11.4. The van der Waals surface area contributed by atoms with Gasteiger partial charge >= 0.3 is 0 Å². The van der Waals surface area contributed by atoms with Gasteiger partial charge in [0.15, 0.2) is 0 Å². The Kier molecular flexibility index (Phi) is 5.24. The van der Waals surface area contributed by atoms with E-state index in [2.05, 4.69) is 15.3 Å². The van der Waals surface area contributed by atoms with Crippen molar-refractivity contribution in [3.05, 3.63) is 35.0 Å². The standard InChI is InChI=1S/C19H20ClN5O5/c20-16-13(12-5-8-3-7(17(21)29)1-2-11(8)30-12)18(25-19(22)24-16)23-10-4-9(6-26)14(27)15(10)28/h1-3,5,9-10,14-15,26-28H,4,6H2,(H2,21,29)(H3,22,23,24,25)/t9-,10-,14-,15+/m1/s1. The fourth-order valence-corrected chi connectivity index (χ4v) is 3.99. The highest BCUT2D eigenvalue weighted by atomic mass is 35.5. The number of nitrogen functional groups attached to an aromatic ring is 1. The number of carbonyl (C=O) groups excluding carboxylic acids is 1. The van der Waals surface area contributed by atoms with Gasteiger partial charge in [0.05, 0.1) is 17.7 Å². The number of nitrogens with two attached hydrogens (primary N) is 2. The Morgan fingerprint density at radius 2 is 2.03 bits per heavy atom. The molecule has 1 amide bonds. The number of amides is 1. The molecule has 0 bridgehead atoms. The van der Waals surface area contributed by atoms with E-state index in [1.165, 1.54) is 0 Å². The normalized spacial score (nSPS) is 23.7. The summed E-state index contributed by atoms with van der Waals surface area (Å²) < 4.78 is 5.86. The maximum Gasteiger partial charge on any atom is 0.248 e. The van der Waals surface area contributed by atoms with Gasteiger partial charge in [-0.25, -0.2) is 4.98 Å². The molecule has 0 spiro atoms. The topological polar surface area (TPSA) is 181 Å². The highest BCUT2D eigenvalue weighted by molar-refractivity contribution is 6.32. The van der Waals surface area contributed by atoms with E-state index in [0.29, 0.717) is 34.3 Å². The van der Waals surface area contributed by atoms with Crippen LogP contribution in [0.5, 0.6) is 0 Å². The van der Waals surface area contributed by atoms with Crippen LogP contribution >= 0.6 is 11.6 Å². The van der Waals surface area contributed by atoms with Gasteiger partial charge in [-0.05, 0) is 30.7 Å². The summed E-state index contributed by atoms with van der Waals surface area (Å²) in [4.78, 5) is 19.6. The number of nitrogens with one attached hydrogen (secondary N) is 1. The average Bonchev–Trinajstić information content (AvgIpc) is 3.22.